The molecule has 22 heavy (non-hydrogen) atoms. The highest BCUT2D eigenvalue weighted by atomic mass is 32.1. The first kappa shape index (κ1) is 15.0. The van der Waals surface area contributed by atoms with Gasteiger partial charge in [0.1, 0.15) is 5.82 Å². The van der Waals surface area contributed by atoms with Gasteiger partial charge in [0.05, 0.1) is 17.7 Å². The van der Waals surface area contributed by atoms with Gasteiger partial charge in [-0.15, -0.1) is 11.3 Å². The monoisotopic (exact) mass is 319 g/mol. The summed E-state index contributed by atoms with van der Waals surface area (Å²) in [7, 11) is 3.60. The molecule has 0 saturated carbocycles. The molecule has 2 aromatic rings. The summed E-state index contributed by atoms with van der Waals surface area (Å²) < 4.78 is 2.16. The second-order valence-corrected chi connectivity index (χ2v) is 6.57. The van der Waals surface area contributed by atoms with Crippen LogP contribution in [0.5, 0.6) is 0 Å². The topological polar surface area (TPSA) is 54.3 Å². The first-order valence-corrected chi connectivity index (χ1v) is 8.43. The Hall–Kier alpha value is -1.89. The van der Waals surface area contributed by atoms with Crippen molar-refractivity contribution in [2.45, 2.75) is 25.3 Å². The van der Waals surface area contributed by atoms with Crippen molar-refractivity contribution in [3.8, 4) is 0 Å². The molecule has 2 aromatic heterocycles. The highest BCUT2D eigenvalue weighted by Gasteiger charge is 2.28. The van der Waals surface area contributed by atoms with Gasteiger partial charge in [-0.2, -0.15) is 0 Å². The van der Waals surface area contributed by atoms with Gasteiger partial charge >= 0.3 is 6.03 Å². The number of imidazole rings is 1. The zero-order chi connectivity index (χ0) is 15.5. The van der Waals surface area contributed by atoms with Crippen molar-refractivity contribution in [2.24, 2.45) is 0 Å². The number of hydrogen-bond donors (Lipinski definition) is 0. The van der Waals surface area contributed by atoms with Crippen molar-refractivity contribution in [3.63, 3.8) is 0 Å². The summed E-state index contributed by atoms with van der Waals surface area (Å²) in [5.41, 5.74) is 2.91. The molecule has 7 heteroatoms. The van der Waals surface area contributed by atoms with E-state index in [2.05, 4.69) is 19.9 Å². The molecule has 3 heterocycles. The molecule has 0 spiro atoms. The Labute approximate surface area is 134 Å². The molecule has 3 rings (SSSR count). The third-order valence-corrected chi connectivity index (χ3v) is 4.64. The Balaban J connectivity index is 1.74. The van der Waals surface area contributed by atoms with Gasteiger partial charge < -0.3 is 14.4 Å². The van der Waals surface area contributed by atoms with Gasteiger partial charge in [0.15, 0.2) is 0 Å². The van der Waals surface area contributed by atoms with Crippen molar-refractivity contribution in [1.29, 1.82) is 0 Å². The van der Waals surface area contributed by atoms with E-state index in [9.17, 15) is 4.79 Å². The van der Waals surface area contributed by atoms with Crippen molar-refractivity contribution in [1.82, 2.24) is 24.3 Å². The van der Waals surface area contributed by atoms with Crippen LogP contribution in [0.1, 0.15) is 30.3 Å². The van der Waals surface area contributed by atoms with E-state index >= 15 is 0 Å². The highest BCUT2D eigenvalue weighted by Crippen LogP contribution is 2.26. The smallest absolute Gasteiger partial charge is 0.319 e. The number of aromatic nitrogens is 3. The van der Waals surface area contributed by atoms with E-state index in [1.807, 2.05) is 22.8 Å². The number of amides is 2. The molecule has 118 valence electrons. The Morgan fingerprint density at radius 1 is 1.45 bits per heavy atom. The summed E-state index contributed by atoms with van der Waals surface area (Å²) in [4.78, 5) is 24.6. The van der Waals surface area contributed by atoms with Gasteiger partial charge in [0.25, 0.3) is 0 Å². The number of rotatable bonds is 3. The van der Waals surface area contributed by atoms with E-state index in [0.717, 1.165) is 44.0 Å². The Morgan fingerprint density at radius 2 is 2.32 bits per heavy atom. The molecule has 1 fully saturated rings. The first-order valence-electron chi connectivity index (χ1n) is 7.49. The molecular formula is C15H21N5OS. The first-order chi connectivity index (χ1) is 10.6. The van der Waals surface area contributed by atoms with Crippen LogP contribution in [0.3, 0.4) is 0 Å². The number of likely N-dealkylation sites (tertiary alicyclic amines) is 1. The second kappa shape index (κ2) is 6.48. The van der Waals surface area contributed by atoms with Crippen LogP contribution < -0.4 is 0 Å². The van der Waals surface area contributed by atoms with E-state index < -0.39 is 0 Å². The fourth-order valence-corrected chi connectivity index (χ4v) is 3.50. The second-order valence-electron chi connectivity index (χ2n) is 5.86. The third-order valence-electron chi connectivity index (χ3n) is 4.00. The number of piperidine rings is 1. The molecule has 2 amide bonds. The number of thiazole rings is 1. The SMILES string of the molecule is CN(C)C(=O)N1CCC[C@@H](c2nccn2Cc2cscn2)C1. The predicted octanol–water partition coefficient (Wildman–Crippen LogP) is 2.25. The molecule has 0 aliphatic carbocycles. The van der Waals surface area contributed by atoms with Crippen LogP contribution in [0, 0.1) is 0 Å². The van der Waals surface area contributed by atoms with Crippen LogP contribution in [0.15, 0.2) is 23.3 Å². The van der Waals surface area contributed by atoms with Crippen molar-refractivity contribution < 1.29 is 4.79 Å². The van der Waals surface area contributed by atoms with Crippen molar-refractivity contribution >= 4 is 17.4 Å². The lowest BCUT2D eigenvalue weighted by Crippen LogP contribution is -2.44. The van der Waals surface area contributed by atoms with Crippen LogP contribution in [0.4, 0.5) is 4.79 Å². The van der Waals surface area contributed by atoms with Gasteiger partial charge in [-0.25, -0.2) is 14.8 Å². The standard InChI is InChI=1S/C15H21N5OS/c1-18(2)15(21)20-6-3-4-12(8-20)14-16-5-7-19(14)9-13-10-22-11-17-13/h5,7,10-12H,3-4,6,8-9H2,1-2H3/t12-/m1/s1. The highest BCUT2D eigenvalue weighted by molar-refractivity contribution is 7.07. The van der Waals surface area contributed by atoms with Crippen LogP contribution >= 0.6 is 11.3 Å². The summed E-state index contributed by atoms with van der Waals surface area (Å²) in [5, 5.41) is 2.06. The summed E-state index contributed by atoms with van der Waals surface area (Å²) >= 11 is 1.61. The molecule has 0 aromatic carbocycles. The predicted molar refractivity (Wildman–Crippen MR) is 86.1 cm³/mol. The molecule has 0 radical (unpaired) electrons. The number of nitrogens with zero attached hydrogens (tertiary/aromatic N) is 5. The van der Waals surface area contributed by atoms with E-state index in [-0.39, 0.29) is 6.03 Å². The largest absolute Gasteiger partial charge is 0.331 e. The van der Waals surface area contributed by atoms with E-state index in [0.29, 0.717) is 5.92 Å². The van der Waals surface area contributed by atoms with Crippen molar-refractivity contribution in [2.75, 3.05) is 27.2 Å². The number of urea groups is 1. The minimum absolute atomic E-state index is 0.0855. The quantitative estimate of drug-likeness (QED) is 0.872. The number of carbonyl (C=O) groups is 1. The van der Waals surface area contributed by atoms with Gasteiger partial charge in [-0.05, 0) is 12.8 Å². The molecule has 0 unspecified atom stereocenters. The summed E-state index contributed by atoms with van der Waals surface area (Å²) in [6.45, 7) is 2.32. The van der Waals surface area contributed by atoms with Crippen LogP contribution in [0.2, 0.25) is 0 Å². The minimum Gasteiger partial charge on any atom is -0.331 e. The van der Waals surface area contributed by atoms with E-state index in [4.69, 9.17) is 0 Å². The lowest BCUT2D eigenvalue weighted by Gasteiger charge is -2.34. The van der Waals surface area contributed by atoms with E-state index in [1.54, 1.807) is 30.3 Å². The van der Waals surface area contributed by atoms with Crippen LogP contribution in [-0.2, 0) is 6.54 Å². The Morgan fingerprint density at radius 3 is 3.05 bits per heavy atom. The zero-order valence-corrected chi connectivity index (χ0v) is 13.8. The van der Waals surface area contributed by atoms with Gasteiger partial charge in [0.2, 0.25) is 0 Å². The molecule has 1 aliphatic heterocycles. The minimum atomic E-state index is 0.0855. The third kappa shape index (κ3) is 3.14. The maximum absolute atomic E-state index is 12.2. The van der Waals surface area contributed by atoms with Gasteiger partial charge in [-0.3, -0.25) is 0 Å². The lowest BCUT2D eigenvalue weighted by atomic mass is 9.97. The Bertz CT molecular complexity index is 622. The molecular weight excluding hydrogens is 298 g/mol. The van der Waals surface area contributed by atoms with Gasteiger partial charge in [-0.1, -0.05) is 0 Å². The molecule has 0 bridgehead atoms. The average Bonchev–Trinajstić information content (AvgIpc) is 3.18. The number of carbonyl (C=O) groups excluding carboxylic acids is 1. The van der Waals surface area contributed by atoms with Crippen LogP contribution in [-0.4, -0.2) is 57.6 Å². The fourth-order valence-electron chi connectivity index (χ4n) is 2.95. The molecule has 1 saturated heterocycles. The molecule has 1 atom stereocenters. The van der Waals surface area contributed by atoms with Gasteiger partial charge in [0, 0.05) is 50.9 Å². The summed E-state index contributed by atoms with van der Waals surface area (Å²) in [5.74, 6) is 1.36. The Kier molecular flexibility index (Phi) is 4.42. The maximum Gasteiger partial charge on any atom is 0.319 e. The normalized spacial score (nSPS) is 18.5. The van der Waals surface area contributed by atoms with Crippen molar-refractivity contribution in [3.05, 3.63) is 34.8 Å². The summed E-state index contributed by atoms with van der Waals surface area (Å²) in [6, 6.07) is 0.0855. The molecule has 6 nitrogen and oxygen atoms in total. The zero-order valence-electron chi connectivity index (χ0n) is 13.0. The van der Waals surface area contributed by atoms with Crippen LogP contribution in [0.25, 0.3) is 0 Å². The summed E-state index contributed by atoms with van der Waals surface area (Å²) in [6.07, 6.45) is 5.94. The fraction of sp³-hybridized carbons (Fsp3) is 0.533. The maximum atomic E-state index is 12.2. The molecule has 1 aliphatic rings. The molecule has 0 N–H and O–H groups in total. The lowest BCUT2D eigenvalue weighted by molar-refractivity contribution is 0.153. The average molecular weight is 319 g/mol. The van der Waals surface area contributed by atoms with E-state index in [1.165, 1.54) is 0 Å². The number of hydrogen-bond acceptors (Lipinski definition) is 4.